The third kappa shape index (κ3) is 6.67. The lowest BCUT2D eigenvalue weighted by molar-refractivity contribution is 0.167. The molecule has 2 rings (SSSR count). The van der Waals surface area contributed by atoms with Crippen molar-refractivity contribution in [3.63, 3.8) is 0 Å². The predicted octanol–water partition coefficient (Wildman–Crippen LogP) is 3.73. The van der Waals surface area contributed by atoms with Crippen LogP contribution in [0.3, 0.4) is 0 Å². The van der Waals surface area contributed by atoms with E-state index in [1.807, 2.05) is 7.05 Å². The van der Waals surface area contributed by atoms with E-state index in [-0.39, 0.29) is 24.0 Å². The molecule has 1 aromatic rings. The number of nitrogens with zero attached hydrogens (tertiary/aromatic N) is 3. The molecular formula is C18H34IN5S. The molecule has 1 aliphatic rings. The highest BCUT2D eigenvalue weighted by molar-refractivity contribution is 14.0. The van der Waals surface area contributed by atoms with E-state index in [1.54, 1.807) is 11.3 Å². The molecule has 0 aromatic carbocycles. The molecule has 5 nitrogen and oxygen atoms in total. The summed E-state index contributed by atoms with van der Waals surface area (Å²) in [6.07, 6.45) is 2.35. The van der Waals surface area contributed by atoms with Crippen molar-refractivity contribution in [2.75, 3.05) is 20.1 Å². The van der Waals surface area contributed by atoms with Crippen molar-refractivity contribution in [1.82, 2.24) is 20.5 Å². The minimum Gasteiger partial charge on any atom is -0.354 e. The molecule has 1 aromatic heterocycles. The topological polar surface area (TPSA) is 52.6 Å². The van der Waals surface area contributed by atoms with Crippen molar-refractivity contribution in [2.45, 2.75) is 72.0 Å². The fourth-order valence-corrected chi connectivity index (χ4v) is 4.21. The Hall–Kier alpha value is -0.410. The molecule has 7 heteroatoms. The monoisotopic (exact) mass is 479 g/mol. The molecule has 0 spiro atoms. The van der Waals surface area contributed by atoms with Gasteiger partial charge in [-0.15, -0.1) is 35.3 Å². The van der Waals surface area contributed by atoms with Gasteiger partial charge in [-0.2, -0.15) is 0 Å². The summed E-state index contributed by atoms with van der Waals surface area (Å²) < 4.78 is 0. The summed E-state index contributed by atoms with van der Waals surface area (Å²) in [6, 6.07) is 1.15. The Balaban J connectivity index is 0.00000312. The number of likely N-dealkylation sites (tertiary alicyclic amines) is 1. The van der Waals surface area contributed by atoms with Crippen molar-refractivity contribution in [3.8, 4) is 0 Å². The van der Waals surface area contributed by atoms with E-state index < -0.39 is 0 Å². The average molecular weight is 479 g/mol. The van der Waals surface area contributed by atoms with Crippen LogP contribution in [0.15, 0.2) is 4.99 Å². The summed E-state index contributed by atoms with van der Waals surface area (Å²) in [5.74, 6) is 1.37. The van der Waals surface area contributed by atoms with Crippen LogP contribution in [0.25, 0.3) is 0 Å². The van der Waals surface area contributed by atoms with Gasteiger partial charge in [0.05, 0.1) is 12.2 Å². The first-order valence-corrected chi connectivity index (χ1v) is 9.89. The van der Waals surface area contributed by atoms with Gasteiger partial charge in [0.15, 0.2) is 5.96 Å². The lowest BCUT2D eigenvalue weighted by Gasteiger charge is -2.35. The Labute approximate surface area is 174 Å². The van der Waals surface area contributed by atoms with Gasteiger partial charge in [-0.3, -0.25) is 4.99 Å². The Kier molecular flexibility index (Phi) is 9.66. The van der Waals surface area contributed by atoms with E-state index in [4.69, 9.17) is 4.98 Å². The van der Waals surface area contributed by atoms with E-state index in [0.717, 1.165) is 30.6 Å². The summed E-state index contributed by atoms with van der Waals surface area (Å²) >= 11 is 1.78. The van der Waals surface area contributed by atoms with Crippen LogP contribution in [-0.2, 0) is 6.54 Å². The molecule has 1 fully saturated rings. The molecular weight excluding hydrogens is 445 g/mol. The number of piperidine rings is 1. The van der Waals surface area contributed by atoms with Crippen LogP contribution >= 0.6 is 35.3 Å². The maximum absolute atomic E-state index is 4.76. The van der Waals surface area contributed by atoms with E-state index >= 15 is 0 Å². The minimum absolute atomic E-state index is 0. The molecule has 0 unspecified atom stereocenters. The fourth-order valence-electron chi connectivity index (χ4n) is 3.18. The Morgan fingerprint density at radius 2 is 1.92 bits per heavy atom. The second kappa shape index (κ2) is 10.7. The van der Waals surface area contributed by atoms with Crippen molar-refractivity contribution in [3.05, 3.63) is 15.6 Å². The SMILES string of the molecule is CN=C(NCc1nc(C(C)C)c(C)s1)NC1CCN(C(C)C)CC1.I. The number of aryl methyl sites for hydroxylation is 1. The Morgan fingerprint density at radius 3 is 2.40 bits per heavy atom. The number of aliphatic imine (C=N–C) groups is 1. The number of halogens is 1. The van der Waals surface area contributed by atoms with Crippen molar-refractivity contribution in [1.29, 1.82) is 0 Å². The van der Waals surface area contributed by atoms with Crippen molar-refractivity contribution in [2.24, 2.45) is 4.99 Å². The third-order valence-corrected chi connectivity index (χ3v) is 5.64. The number of rotatable bonds is 5. The van der Waals surface area contributed by atoms with Crippen LogP contribution in [0.2, 0.25) is 0 Å². The molecule has 0 radical (unpaired) electrons. The summed E-state index contributed by atoms with van der Waals surface area (Å²) in [5, 5.41) is 8.12. The first kappa shape index (κ1) is 22.6. The molecule has 2 N–H and O–H groups in total. The maximum atomic E-state index is 4.76. The van der Waals surface area contributed by atoms with Gasteiger partial charge in [0.25, 0.3) is 0 Å². The molecule has 1 aliphatic heterocycles. The van der Waals surface area contributed by atoms with Gasteiger partial charge in [0.1, 0.15) is 5.01 Å². The summed E-state index contributed by atoms with van der Waals surface area (Å²) in [4.78, 5) is 13.0. The highest BCUT2D eigenvalue weighted by atomic mass is 127. The van der Waals surface area contributed by atoms with Crippen LogP contribution in [0.1, 0.15) is 62.0 Å². The molecule has 144 valence electrons. The first-order chi connectivity index (χ1) is 11.4. The molecule has 1 saturated heterocycles. The highest BCUT2D eigenvalue weighted by Gasteiger charge is 2.21. The maximum Gasteiger partial charge on any atom is 0.191 e. The second-order valence-corrected chi connectivity index (χ2v) is 8.47. The normalized spacial score (nSPS) is 17.0. The summed E-state index contributed by atoms with van der Waals surface area (Å²) in [7, 11) is 1.84. The Morgan fingerprint density at radius 1 is 1.28 bits per heavy atom. The van der Waals surface area contributed by atoms with E-state index in [2.05, 4.69) is 55.1 Å². The van der Waals surface area contributed by atoms with Gasteiger partial charge in [-0.25, -0.2) is 4.98 Å². The quantitative estimate of drug-likeness (QED) is 0.384. The lowest BCUT2D eigenvalue weighted by atomic mass is 10.0. The van der Waals surface area contributed by atoms with Crippen LogP contribution in [0.5, 0.6) is 0 Å². The number of thiazole rings is 1. The zero-order valence-corrected chi connectivity index (χ0v) is 19.6. The molecule has 0 bridgehead atoms. The average Bonchev–Trinajstić information content (AvgIpc) is 2.93. The predicted molar refractivity (Wildman–Crippen MR) is 119 cm³/mol. The highest BCUT2D eigenvalue weighted by Crippen LogP contribution is 2.23. The van der Waals surface area contributed by atoms with Crippen LogP contribution in [-0.4, -0.2) is 48.1 Å². The summed E-state index contributed by atoms with van der Waals surface area (Å²) in [6.45, 7) is 14.2. The Bertz CT molecular complexity index is 548. The van der Waals surface area contributed by atoms with Crippen LogP contribution < -0.4 is 10.6 Å². The van der Waals surface area contributed by atoms with Crippen molar-refractivity contribution >= 4 is 41.3 Å². The fraction of sp³-hybridized carbons (Fsp3) is 0.778. The van der Waals surface area contributed by atoms with E-state index in [9.17, 15) is 0 Å². The zero-order chi connectivity index (χ0) is 17.7. The van der Waals surface area contributed by atoms with Gasteiger partial charge in [0, 0.05) is 37.1 Å². The molecule has 25 heavy (non-hydrogen) atoms. The number of aromatic nitrogens is 1. The van der Waals surface area contributed by atoms with Gasteiger partial charge in [-0.1, -0.05) is 13.8 Å². The second-order valence-electron chi connectivity index (χ2n) is 7.18. The number of guanidine groups is 1. The third-order valence-electron chi connectivity index (χ3n) is 4.65. The van der Waals surface area contributed by atoms with Gasteiger partial charge >= 0.3 is 0 Å². The smallest absolute Gasteiger partial charge is 0.191 e. The number of hydrogen-bond acceptors (Lipinski definition) is 4. The van der Waals surface area contributed by atoms with Gasteiger partial charge in [0.2, 0.25) is 0 Å². The zero-order valence-electron chi connectivity index (χ0n) is 16.4. The first-order valence-electron chi connectivity index (χ1n) is 9.08. The van der Waals surface area contributed by atoms with E-state index in [1.165, 1.54) is 23.4 Å². The van der Waals surface area contributed by atoms with Gasteiger partial charge < -0.3 is 15.5 Å². The van der Waals surface area contributed by atoms with Gasteiger partial charge in [-0.05, 0) is 39.5 Å². The molecule has 0 atom stereocenters. The number of hydrogen-bond donors (Lipinski definition) is 2. The van der Waals surface area contributed by atoms with E-state index in [0.29, 0.717) is 18.0 Å². The summed E-state index contributed by atoms with van der Waals surface area (Å²) in [5.41, 5.74) is 1.22. The van der Waals surface area contributed by atoms with Crippen molar-refractivity contribution < 1.29 is 0 Å². The molecule has 0 aliphatic carbocycles. The largest absolute Gasteiger partial charge is 0.354 e. The van der Waals surface area contributed by atoms with Crippen LogP contribution in [0.4, 0.5) is 0 Å². The van der Waals surface area contributed by atoms with Crippen LogP contribution in [0, 0.1) is 6.92 Å². The molecule has 0 saturated carbocycles. The lowest BCUT2D eigenvalue weighted by Crippen LogP contribution is -2.49. The number of nitrogens with one attached hydrogen (secondary N) is 2. The minimum atomic E-state index is 0. The molecule has 0 amide bonds. The molecule has 2 heterocycles. The standard InChI is InChI=1S/C18H33N5S.HI/c1-12(2)17-14(5)24-16(22-17)11-20-18(19-6)21-15-7-9-23(10-8-15)13(3)4;/h12-13,15H,7-11H2,1-6H3,(H2,19,20,21);1H.